The van der Waals surface area contributed by atoms with Gasteiger partial charge in [-0.3, -0.25) is 9.59 Å². The normalized spacial score (nSPS) is 16.0. The fourth-order valence-corrected chi connectivity index (χ4v) is 2.68. The summed E-state index contributed by atoms with van der Waals surface area (Å²) in [6, 6.07) is 8.84. The Morgan fingerprint density at radius 2 is 2.00 bits per heavy atom. The van der Waals surface area contributed by atoms with Crippen LogP contribution in [0.25, 0.3) is 0 Å². The van der Waals surface area contributed by atoms with Crippen LogP contribution >= 0.6 is 0 Å². The second-order valence-electron chi connectivity index (χ2n) is 7.21. The van der Waals surface area contributed by atoms with Crippen LogP contribution in [0, 0.1) is 17.2 Å². The Labute approximate surface area is 159 Å². The zero-order valence-corrected chi connectivity index (χ0v) is 15.9. The van der Waals surface area contributed by atoms with Crippen molar-refractivity contribution in [1.82, 2.24) is 10.2 Å². The van der Waals surface area contributed by atoms with Crippen LogP contribution in [0.2, 0.25) is 0 Å². The van der Waals surface area contributed by atoms with Crippen molar-refractivity contribution in [2.24, 2.45) is 5.92 Å². The number of hydrogen-bond donors (Lipinski definition) is 1. The molecular formula is C20H25N3O4. The van der Waals surface area contributed by atoms with Crippen LogP contribution in [0.4, 0.5) is 0 Å². The van der Waals surface area contributed by atoms with Crippen LogP contribution in [0.3, 0.4) is 0 Å². The molecule has 0 aliphatic carbocycles. The summed E-state index contributed by atoms with van der Waals surface area (Å²) in [5.41, 5.74) is 0.241. The maximum Gasteiger partial charge on any atom is 0.338 e. The monoisotopic (exact) mass is 371 g/mol. The number of nitriles is 1. The molecule has 1 aliphatic rings. The van der Waals surface area contributed by atoms with Gasteiger partial charge >= 0.3 is 5.97 Å². The van der Waals surface area contributed by atoms with Gasteiger partial charge < -0.3 is 15.0 Å². The Balaban J connectivity index is 1.86. The molecule has 2 rings (SSSR count). The number of nitrogens with zero attached hydrogens (tertiary/aromatic N) is 2. The van der Waals surface area contributed by atoms with E-state index in [4.69, 9.17) is 4.74 Å². The number of carbonyl (C=O) groups excluding carboxylic acids is 3. The van der Waals surface area contributed by atoms with Crippen molar-refractivity contribution < 1.29 is 19.1 Å². The van der Waals surface area contributed by atoms with Gasteiger partial charge in [-0.05, 0) is 37.0 Å². The summed E-state index contributed by atoms with van der Waals surface area (Å²) in [5.74, 6) is -1.07. The van der Waals surface area contributed by atoms with Crippen molar-refractivity contribution in [3.8, 4) is 6.07 Å². The minimum atomic E-state index is -1.02. The molecule has 27 heavy (non-hydrogen) atoms. The minimum absolute atomic E-state index is 0.0859. The Morgan fingerprint density at radius 3 is 2.52 bits per heavy atom. The number of nitrogens with one attached hydrogen (secondary N) is 1. The molecule has 144 valence electrons. The lowest BCUT2D eigenvalue weighted by atomic mass is 9.90. The highest BCUT2D eigenvalue weighted by molar-refractivity contribution is 5.91. The molecule has 1 N–H and O–H groups in total. The molecule has 1 aliphatic heterocycles. The van der Waals surface area contributed by atoms with E-state index in [1.165, 1.54) is 0 Å². The standard InChI is InChI=1S/C20H25N3O4/c1-14(2)20(3,13-21)22-17(24)12-27-19(26)16-8-6-15(7-9-16)11-23-10-4-5-18(23)25/h6-9,14H,4-5,10-12H2,1-3H3,(H,22,24)/t20-/m1/s1. The van der Waals surface area contributed by atoms with E-state index in [-0.39, 0.29) is 11.8 Å². The molecule has 7 heteroatoms. The summed E-state index contributed by atoms with van der Waals surface area (Å²) < 4.78 is 5.03. The van der Waals surface area contributed by atoms with Gasteiger partial charge in [0.15, 0.2) is 6.61 Å². The fraction of sp³-hybridized carbons (Fsp3) is 0.500. The topological polar surface area (TPSA) is 99.5 Å². The van der Waals surface area contributed by atoms with Crippen molar-refractivity contribution in [2.45, 2.75) is 45.7 Å². The van der Waals surface area contributed by atoms with Crippen LogP contribution in [0.5, 0.6) is 0 Å². The SMILES string of the molecule is CC(C)[C@@](C)(C#N)NC(=O)COC(=O)c1ccc(CN2CCCC2=O)cc1. The van der Waals surface area contributed by atoms with E-state index in [1.54, 1.807) is 36.1 Å². The summed E-state index contributed by atoms with van der Waals surface area (Å²) >= 11 is 0. The Kier molecular flexibility index (Phi) is 6.56. The molecule has 1 heterocycles. The highest BCUT2D eigenvalue weighted by atomic mass is 16.5. The van der Waals surface area contributed by atoms with Gasteiger partial charge in [-0.1, -0.05) is 26.0 Å². The Bertz CT molecular complexity index is 751. The van der Waals surface area contributed by atoms with E-state index in [0.717, 1.165) is 18.5 Å². The van der Waals surface area contributed by atoms with Crippen LogP contribution < -0.4 is 5.32 Å². The highest BCUT2D eigenvalue weighted by Gasteiger charge is 2.30. The minimum Gasteiger partial charge on any atom is -0.452 e. The first kappa shape index (κ1) is 20.4. The van der Waals surface area contributed by atoms with E-state index in [2.05, 4.69) is 11.4 Å². The fourth-order valence-electron chi connectivity index (χ4n) is 2.68. The van der Waals surface area contributed by atoms with Crippen molar-refractivity contribution in [2.75, 3.05) is 13.2 Å². The van der Waals surface area contributed by atoms with Crippen LogP contribution in [0.15, 0.2) is 24.3 Å². The van der Waals surface area contributed by atoms with Crippen molar-refractivity contribution in [3.63, 3.8) is 0 Å². The van der Waals surface area contributed by atoms with E-state index < -0.39 is 24.0 Å². The molecule has 0 radical (unpaired) electrons. The zero-order chi connectivity index (χ0) is 20.0. The first-order chi connectivity index (χ1) is 12.7. The quantitative estimate of drug-likeness (QED) is 0.739. The molecule has 1 saturated heterocycles. The van der Waals surface area contributed by atoms with Crippen molar-refractivity contribution in [1.29, 1.82) is 5.26 Å². The molecule has 0 bridgehead atoms. The molecule has 0 unspecified atom stereocenters. The summed E-state index contributed by atoms with van der Waals surface area (Å²) in [7, 11) is 0. The first-order valence-corrected chi connectivity index (χ1v) is 9.01. The third-order valence-electron chi connectivity index (χ3n) is 4.85. The van der Waals surface area contributed by atoms with Gasteiger partial charge in [0.25, 0.3) is 5.91 Å². The average molecular weight is 371 g/mol. The Morgan fingerprint density at radius 1 is 1.33 bits per heavy atom. The molecule has 1 atom stereocenters. The number of rotatable bonds is 7. The lowest BCUT2D eigenvalue weighted by Gasteiger charge is -2.27. The van der Waals surface area contributed by atoms with E-state index >= 15 is 0 Å². The summed E-state index contributed by atoms with van der Waals surface area (Å²) in [6.07, 6.45) is 1.47. The van der Waals surface area contributed by atoms with Gasteiger partial charge in [0.1, 0.15) is 5.54 Å². The van der Waals surface area contributed by atoms with Gasteiger partial charge in [-0.25, -0.2) is 4.79 Å². The lowest BCUT2D eigenvalue weighted by molar-refractivity contribution is -0.128. The molecule has 1 aromatic rings. The van der Waals surface area contributed by atoms with Crippen LogP contribution in [-0.4, -0.2) is 41.4 Å². The molecule has 0 saturated carbocycles. The second-order valence-corrected chi connectivity index (χ2v) is 7.21. The second kappa shape index (κ2) is 8.67. The number of carbonyl (C=O) groups is 3. The molecule has 0 spiro atoms. The van der Waals surface area contributed by atoms with Gasteiger partial charge in [0.05, 0.1) is 11.6 Å². The van der Waals surface area contributed by atoms with Crippen LogP contribution in [-0.2, 0) is 20.9 Å². The first-order valence-electron chi connectivity index (χ1n) is 9.01. The summed E-state index contributed by atoms with van der Waals surface area (Å²) in [5, 5.41) is 11.8. The van der Waals surface area contributed by atoms with E-state index in [1.807, 2.05) is 13.8 Å². The van der Waals surface area contributed by atoms with Gasteiger partial charge in [0, 0.05) is 19.5 Å². The van der Waals surface area contributed by atoms with Gasteiger partial charge in [-0.15, -0.1) is 0 Å². The third-order valence-corrected chi connectivity index (χ3v) is 4.85. The third kappa shape index (κ3) is 5.30. The van der Waals surface area contributed by atoms with Crippen molar-refractivity contribution in [3.05, 3.63) is 35.4 Å². The Hall–Kier alpha value is -2.88. The molecule has 0 aromatic heterocycles. The largest absolute Gasteiger partial charge is 0.452 e. The molecule has 2 amide bonds. The average Bonchev–Trinajstić information content (AvgIpc) is 3.04. The lowest BCUT2D eigenvalue weighted by Crippen LogP contribution is -2.50. The maximum absolute atomic E-state index is 12.1. The number of hydrogen-bond acceptors (Lipinski definition) is 5. The molecule has 7 nitrogen and oxygen atoms in total. The van der Waals surface area contributed by atoms with Crippen molar-refractivity contribution >= 4 is 17.8 Å². The van der Waals surface area contributed by atoms with Gasteiger partial charge in [0.2, 0.25) is 5.91 Å². The van der Waals surface area contributed by atoms with Gasteiger partial charge in [-0.2, -0.15) is 5.26 Å². The zero-order valence-electron chi connectivity index (χ0n) is 15.9. The molecule has 1 aromatic carbocycles. The summed E-state index contributed by atoms with van der Waals surface area (Å²) in [6.45, 7) is 6.11. The molecule has 1 fully saturated rings. The number of esters is 1. The molecular weight excluding hydrogens is 346 g/mol. The van der Waals surface area contributed by atoms with E-state index in [9.17, 15) is 19.6 Å². The summed E-state index contributed by atoms with van der Waals surface area (Å²) in [4.78, 5) is 37.5. The number of likely N-dealkylation sites (tertiary alicyclic amines) is 1. The predicted octanol–water partition coefficient (Wildman–Crippen LogP) is 2.02. The number of benzene rings is 1. The number of ether oxygens (including phenoxy) is 1. The maximum atomic E-state index is 12.1. The highest BCUT2D eigenvalue weighted by Crippen LogP contribution is 2.16. The smallest absolute Gasteiger partial charge is 0.338 e. The predicted molar refractivity (Wildman–Crippen MR) is 98.4 cm³/mol. The van der Waals surface area contributed by atoms with E-state index in [0.29, 0.717) is 18.5 Å². The van der Waals surface area contributed by atoms with Crippen LogP contribution in [0.1, 0.15) is 49.5 Å². The number of amides is 2.